The number of aromatic amines is 1. The number of nitriles is 1. The van der Waals surface area contributed by atoms with Gasteiger partial charge in [0.05, 0.1) is 36.7 Å². The number of nitrogens with zero attached hydrogens (tertiary/aromatic N) is 3. The Morgan fingerprint density at radius 2 is 2.00 bits per heavy atom. The Balaban J connectivity index is 1.58. The van der Waals surface area contributed by atoms with Gasteiger partial charge in [0.1, 0.15) is 17.0 Å². The molecule has 0 saturated carbocycles. The Labute approximate surface area is 222 Å². The number of nitrogens with one attached hydrogen (secondary N) is 3. The molecule has 3 unspecified atom stereocenters. The van der Waals surface area contributed by atoms with Crippen molar-refractivity contribution in [2.45, 2.75) is 51.1 Å². The normalized spacial score (nSPS) is 18.9. The summed E-state index contributed by atoms with van der Waals surface area (Å²) < 4.78 is 53.6. The summed E-state index contributed by atoms with van der Waals surface area (Å²) in [7, 11) is 0. The molecule has 4 rings (SSSR count). The number of aromatic nitrogens is 3. The van der Waals surface area contributed by atoms with Crippen LogP contribution in [0.15, 0.2) is 41.3 Å². The molecule has 10 nitrogen and oxygen atoms in total. The highest BCUT2D eigenvalue weighted by atomic mass is 19.4. The van der Waals surface area contributed by atoms with Gasteiger partial charge in [-0.15, -0.1) is 0 Å². The molecule has 13 heteroatoms. The molecule has 0 amide bonds. The maximum Gasteiger partial charge on any atom is 0.407 e. The predicted molar refractivity (Wildman–Crippen MR) is 136 cm³/mol. The first-order valence-corrected chi connectivity index (χ1v) is 12.3. The summed E-state index contributed by atoms with van der Waals surface area (Å²) in [4.78, 5) is 27.2. The Morgan fingerprint density at radius 3 is 2.64 bits per heavy atom. The number of hydrogen-bond donors (Lipinski definition) is 3. The molecular formula is C26H29F3N6O4. The molecule has 3 atom stereocenters. The van der Waals surface area contributed by atoms with Crippen molar-refractivity contribution in [1.82, 2.24) is 20.1 Å². The van der Waals surface area contributed by atoms with E-state index in [2.05, 4.69) is 26.8 Å². The first-order valence-electron chi connectivity index (χ1n) is 12.3. The van der Waals surface area contributed by atoms with Gasteiger partial charge in [-0.3, -0.25) is 19.6 Å². The lowest BCUT2D eigenvalue weighted by Gasteiger charge is -2.27. The summed E-state index contributed by atoms with van der Waals surface area (Å²) in [6.45, 7) is 4.97. The SMILES string of the molecule is CC(C)(C)OC(=O)CNC(c1ccc(Nc2nn(C3COCCC3C#N)c3cc[nH]c(=O)c23)cc1)C(F)(F)F. The molecule has 0 aliphatic carbocycles. The van der Waals surface area contributed by atoms with Gasteiger partial charge in [-0.2, -0.15) is 23.5 Å². The Hall–Kier alpha value is -3.89. The van der Waals surface area contributed by atoms with E-state index in [1.807, 2.05) is 0 Å². The third-order valence-corrected chi connectivity index (χ3v) is 6.14. The van der Waals surface area contributed by atoms with Crippen LogP contribution >= 0.6 is 0 Å². The van der Waals surface area contributed by atoms with Crippen LogP contribution in [0, 0.1) is 17.2 Å². The van der Waals surface area contributed by atoms with Crippen molar-refractivity contribution < 1.29 is 27.4 Å². The zero-order valence-electron chi connectivity index (χ0n) is 21.6. The van der Waals surface area contributed by atoms with Crippen LogP contribution in [0.25, 0.3) is 10.9 Å². The number of hydrogen-bond acceptors (Lipinski definition) is 8. The number of H-pyrrole nitrogens is 1. The first-order chi connectivity index (χ1) is 18.4. The van der Waals surface area contributed by atoms with E-state index in [4.69, 9.17) is 9.47 Å². The molecular weight excluding hydrogens is 517 g/mol. The van der Waals surface area contributed by atoms with Gasteiger partial charge in [-0.25, -0.2) is 0 Å². The second-order valence-corrected chi connectivity index (χ2v) is 10.2. The Bertz CT molecular complexity index is 1420. The number of esters is 1. The monoisotopic (exact) mass is 546 g/mol. The zero-order chi connectivity index (χ0) is 28.4. The van der Waals surface area contributed by atoms with Crippen LogP contribution in [0.4, 0.5) is 24.7 Å². The number of fused-ring (bicyclic) bond motifs is 1. The fourth-order valence-corrected chi connectivity index (χ4v) is 4.44. The number of alkyl halides is 3. The van der Waals surface area contributed by atoms with Gasteiger partial charge in [-0.05, 0) is 51.0 Å². The van der Waals surface area contributed by atoms with Gasteiger partial charge in [0.25, 0.3) is 5.56 Å². The van der Waals surface area contributed by atoms with Gasteiger partial charge in [0, 0.05) is 18.5 Å². The number of anilines is 2. The molecule has 0 radical (unpaired) electrons. The van der Waals surface area contributed by atoms with Crippen molar-refractivity contribution in [1.29, 1.82) is 5.26 Å². The van der Waals surface area contributed by atoms with Crippen molar-refractivity contribution in [3.8, 4) is 6.07 Å². The fraction of sp³-hybridized carbons (Fsp3) is 0.462. The molecule has 2 aromatic heterocycles. The number of halogens is 3. The quantitative estimate of drug-likeness (QED) is 0.377. The van der Waals surface area contributed by atoms with Crippen molar-refractivity contribution >= 4 is 28.4 Å². The van der Waals surface area contributed by atoms with E-state index >= 15 is 0 Å². The summed E-state index contributed by atoms with van der Waals surface area (Å²) in [5.41, 5.74) is -0.457. The fourth-order valence-electron chi connectivity index (χ4n) is 4.44. The number of pyridine rings is 1. The smallest absolute Gasteiger partial charge is 0.407 e. The molecule has 1 saturated heterocycles. The molecule has 1 aliphatic rings. The largest absolute Gasteiger partial charge is 0.459 e. The van der Waals surface area contributed by atoms with E-state index in [1.165, 1.54) is 30.5 Å². The maximum absolute atomic E-state index is 13.8. The molecule has 1 fully saturated rings. The molecule has 3 N–H and O–H groups in total. The lowest BCUT2D eigenvalue weighted by atomic mass is 9.96. The van der Waals surface area contributed by atoms with Crippen LogP contribution < -0.4 is 16.2 Å². The summed E-state index contributed by atoms with van der Waals surface area (Å²) in [5.74, 6) is -0.970. The number of carbonyl (C=O) groups is 1. The van der Waals surface area contributed by atoms with Gasteiger partial charge < -0.3 is 19.8 Å². The highest BCUT2D eigenvalue weighted by Gasteiger charge is 2.41. The summed E-state index contributed by atoms with van der Waals surface area (Å²) in [5, 5.41) is 19.6. The van der Waals surface area contributed by atoms with Crippen LogP contribution in [0.3, 0.4) is 0 Å². The molecule has 39 heavy (non-hydrogen) atoms. The molecule has 1 aromatic carbocycles. The maximum atomic E-state index is 13.8. The van der Waals surface area contributed by atoms with E-state index in [9.17, 15) is 28.0 Å². The lowest BCUT2D eigenvalue weighted by molar-refractivity contribution is -0.164. The minimum Gasteiger partial charge on any atom is -0.459 e. The van der Waals surface area contributed by atoms with Crippen LogP contribution in [-0.2, 0) is 14.3 Å². The van der Waals surface area contributed by atoms with Crippen LogP contribution in [-0.4, -0.2) is 52.3 Å². The molecule has 0 spiro atoms. The molecule has 208 valence electrons. The zero-order valence-corrected chi connectivity index (χ0v) is 21.6. The van der Waals surface area contributed by atoms with E-state index in [0.717, 1.165) is 0 Å². The van der Waals surface area contributed by atoms with Gasteiger partial charge in [-0.1, -0.05) is 12.1 Å². The highest BCUT2D eigenvalue weighted by molar-refractivity contribution is 5.91. The van der Waals surface area contributed by atoms with Gasteiger partial charge in [0.2, 0.25) is 0 Å². The Kier molecular flexibility index (Phi) is 7.99. The van der Waals surface area contributed by atoms with Crippen LogP contribution in [0.2, 0.25) is 0 Å². The van der Waals surface area contributed by atoms with Gasteiger partial charge in [0.15, 0.2) is 5.82 Å². The highest BCUT2D eigenvalue weighted by Crippen LogP contribution is 2.35. The third-order valence-electron chi connectivity index (χ3n) is 6.14. The van der Waals surface area contributed by atoms with Crippen LogP contribution in [0.5, 0.6) is 0 Å². The summed E-state index contributed by atoms with van der Waals surface area (Å²) in [6, 6.07) is 6.83. The topological polar surface area (TPSA) is 134 Å². The van der Waals surface area contributed by atoms with E-state index in [-0.39, 0.29) is 29.3 Å². The molecule has 3 heterocycles. The second-order valence-electron chi connectivity index (χ2n) is 10.2. The lowest BCUT2D eigenvalue weighted by Crippen LogP contribution is -2.39. The number of rotatable bonds is 7. The molecule has 1 aliphatic heterocycles. The number of benzene rings is 1. The average Bonchev–Trinajstić information content (AvgIpc) is 3.22. The Morgan fingerprint density at radius 1 is 1.28 bits per heavy atom. The van der Waals surface area contributed by atoms with Crippen molar-refractivity contribution in [2.75, 3.05) is 25.1 Å². The molecule has 3 aromatic rings. The van der Waals surface area contributed by atoms with Crippen molar-refractivity contribution in [2.24, 2.45) is 5.92 Å². The number of carbonyl (C=O) groups excluding carboxylic acids is 1. The summed E-state index contributed by atoms with van der Waals surface area (Å²) in [6.07, 6.45) is -2.66. The second kappa shape index (κ2) is 11.1. The minimum absolute atomic E-state index is 0.110. The standard InChI is InChI=1S/C26H29F3N6O4/c1-25(2,3)39-20(36)13-32-22(26(27,28)29)15-4-6-17(7-5-15)33-23-21-18(8-10-31-24(21)37)35(34-23)19-14-38-11-9-16(19)12-30/h4-8,10,16,19,22,32H,9,11,13-14H2,1-3H3,(H,31,37)(H,33,34). The number of ether oxygens (including phenoxy) is 2. The summed E-state index contributed by atoms with van der Waals surface area (Å²) >= 11 is 0. The van der Waals surface area contributed by atoms with E-state index < -0.39 is 41.9 Å². The van der Waals surface area contributed by atoms with Gasteiger partial charge >= 0.3 is 12.1 Å². The minimum atomic E-state index is -4.67. The van der Waals surface area contributed by atoms with E-state index in [0.29, 0.717) is 24.2 Å². The van der Waals surface area contributed by atoms with Crippen molar-refractivity contribution in [3.05, 3.63) is 52.4 Å². The predicted octanol–water partition coefficient (Wildman–Crippen LogP) is 4.10. The average molecular weight is 547 g/mol. The van der Waals surface area contributed by atoms with Crippen LogP contribution in [0.1, 0.15) is 44.8 Å². The van der Waals surface area contributed by atoms with E-state index in [1.54, 1.807) is 31.5 Å². The van der Waals surface area contributed by atoms with Crippen molar-refractivity contribution in [3.63, 3.8) is 0 Å². The third kappa shape index (κ3) is 6.58. The first kappa shape index (κ1) is 28.1. The molecule has 0 bridgehead atoms.